The first-order valence-corrected chi connectivity index (χ1v) is 10.5. The van der Waals surface area contributed by atoms with Gasteiger partial charge in [-0.3, -0.25) is 4.79 Å². The number of aromatic nitrogens is 2. The first kappa shape index (κ1) is 19.1. The van der Waals surface area contributed by atoms with Crippen molar-refractivity contribution in [1.29, 1.82) is 4.78 Å². The average molecular weight is 389 g/mol. The summed E-state index contributed by atoms with van der Waals surface area (Å²) in [5, 5.41) is 3.04. The van der Waals surface area contributed by atoms with Gasteiger partial charge in [-0.05, 0) is 31.0 Å². The molecule has 1 fully saturated rings. The minimum Gasteiger partial charge on any atom is -0.365 e. The third-order valence-electron chi connectivity index (χ3n) is 4.33. The predicted octanol–water partition coefficient (Wildman–Crippen LogP) is 1.28. The maximum atomic E-state index is 12.0. The van der Waals surface area contributed by atoms with Crippen molar-refractivity contribution in [3.63, 3.8) is 0 Å². The zero-order valence-electron chi connectivity index (χ0n) is 15.0. The van der Waals surface area contributed by atoms with Gasteiger partial charge >= 0.3 is 0 Å². The number of hydrogen-bond acceptors (Lipinski definition) is 8. The molecule has 144 valence electrons. The van der Waals surface area contributed by atoms with E-state index in [1.54, 1.807) is 24.3 Å². The molecule has 1 aliphatic heterocycles. The summed E-state index contributed by atoms with van der Waals surface area (Å²) in [6.45, 7) is 1.43. The van der Waals surface area contributed by atoms with Gasteiger partial charge in [0, 0.05) is 42.2 Å². The number of amides is 1. The minimum atomic E-state index is -2.86. The predicted molar refractivity (Wildman–Crippen MR) is 105 cm³/mol. The van der Waals surface area contributed by atoms with Crippen molar-refractivity contribution in [3.8, 4) is 0 Å². The second kappa shape index (κ2) is 7.49. The molecule has 2 heterocycles. The Balaban J connectivity index is 1.95. The number of primary amides is 1. The monoisotopic (exact) mass is 389 g/mol. The van der Waals surface area contributed by atoms with Crippen LogP contribution in [0.1, 0.15) is 23.2 Å². The lowest BCUT2D eigenvalue weighted by atomic mass is 10.1. The van der Waals surface area contributed by atoms with Crippen LogP contribution in [0.2, 0.25) is 0 Å². The molecule has 2 atom stereocenters. The number of carbonyl (C=O) groups is 1. The molecule has 9 nitrogen and oxygen atoms in total. The fourth-order valence-electron chi connectivity index (χ4n) is 2.94. The molecule has 0 bridgehead atoms. The first-order chi connectivity index (χ1) is 12.7. The van der Waals surface area contributed by atoms with E-state index >= 15 is 0 Å². The number of rotatable bonds is 5. The summed E-state index contributed by atoms with van der Waals surface area (Å²) in [5.74, 6) is 0.0697. The number of benzene rings is 1. The van der Waals surface area contributed by atoms with Crippen molar-refractivity contribution < 1.29 is 9.00 Å². The first-order valence-electron chi connectivity index (χ1n) is 8.52. The van der Waals surface area contributed by atoms with Gasteiger partial charge in [0.05, 0.1) is 9.73 Å². The Bertz CT molecular complexity index is 962. The second-order valence-electron chi connectivity index (χ2n) is 6.64. The Morgan fingerprint density at radius 2 is 2.22 bits per heavy atom. The third kappa shape index (κ3) is 4.52. The molecule has 6 N–H and O–H groups in total. The maximum absolute atomic E-state index is 12.0. The van der Waals surface area contributed by atoms with E-state index < -0.39 is 15.6 Å². The lowest BCUT2D eigenvalue weighted by Gasteiger charge is -2.31. The number of anilines is 3. The zero-order chi connectivity index (χ0) is 19.6. The number of piperidine rings is 1. The molecule has 27 heavy (non-hydrogen) atoms. The van der Waals surface area contributed by atoms with Crippen molar-refractivity contribution in [2.75, 3.05) is 29.6 Å². The molecule has 1 unspecified atom stereocenters. The van der Waals surface area contributed by atoms with Crippen molar-refractivity contribution in [2.24, 2.45) is 11.5 Å². The van der Waals surface area contributed by atoms with E-state index in [0.717, 1.165) is 19.4 Å². The van der Waals surface area contributed by atoms with Crippen LogP contribution in [0.15, 0.2) is 35.4 Å². The molecular formula is C17H23N7O2S. The van der Waals surface area contributed by atoms with Crippen LogP contribution in [0.25, 0.3) is 0 Å². The Kier molecular flexibility index (Phi) is 5.29. The molecular weight excluding hydrogens is 366 g/mol. The summed E-state index contributed by atoms with van der Waals surface area (Å²) >= 11 is 0. The molecule has 1 amide bonds. The lowest BCUT2D eigenvalue weighted by molar-refractivity contribution is 0.100. The summed E-state index contributed by atoms with van der Waals surface area (Å²) in [6.07, 6.45) is 4.65. The van der Waals surface area contributed by atoms with Gasteiger partial charge in [-0.15, -0.1) is 0 Å². The zero-order valence-corrected chi connectivity index (χ0v) is 15.8. The minimum absolute atomic E-state index is 0.0565. The van der Waals surface area contributed by atoms with Crippen LogP contribution in [0.3, 0.4) is 0 Å². The van der Waals surface area contributed by atoms with Gasteiger partial charge in [0.1, 0.15) is 11.4 Å². The molecule has 2 aromatic rings. The number of nitrogens with two attached hydrogens (primary N) is 2. The van der Waals surface area contributed by atoms with Gasteiger partial charge < -0.3 is 21.7 Å². The van der Waals surface area contributed by atoms with Gasteiger partial charge in [0.15, 0.2) is 0 Å². The van der Waals surface area contributed by atoms with Crippen LogP contribution in [0.4, 0.5) is 17.5 Å². The summed E-state index contributed by atoms with van der Waals surface area (Å²) in [7, 11) is -2.86. The summed E-state index contributed by atoms with van der Waals surface area (Å²) in [5.41, 5.74) is 12.2. The van der Waals surface area contributed by atoms with Crippen LogP contribution >= 0.6 is 0 Å². The molecule has 1 saturated heterocycles. The Hall–Kier alpha value is -2.72. The van der Waals surface area contributed by atoms with E-state index in [-0.39, 0.29) is 17.4 Å². The van der Waals surface area contributed by atoms with Gasteiger partial charge in [-0.2, -0.15) is 4.98 Å². The Labute approximate surface area is 158 Å². The molecule has 0 radical (unpaired) electrons. The SMILES string of the molecule is CS(=N)(=O)c1cccc(Nc2nc(N3CCC[C@H](N)C3)ncc2C(N)=O)c1. The van der Waals surface area contributed by atoms with E-state index in [4.69, 9.17) is 16.2 Å². The van der Waals surface area contributed by atoms with Gasteiger partial charge in [0.25, 0.3) is 5.91 Å². The Morgan fingerprint density at radius 3 is 2.89 bits per heavy atom. The van der Waals surface area contributed by atoms with Crippen LogP contribution in [-0.4, -0.2) is 45.5 Å². The highest BCUT2D eigenvalue weighted by molar-refractivity contribution is 7.91. The second-order valence-corrected chi connectivity index (χ2v) is 8.80. The summed E-state index contributed by atoms with van der Waals surface area (Å²) in [4.78, 5) is 22.9. The summed E-state index contributed by atoms with van der Waals surface area (Å²) in [6, 6.07) is 6.69. The van der Waals surface area contributed by atoms with E-state index in [9.17, 15) is 9.00 Å². The van der Waals surface area contributed by atoms with Gasteiger partial charge in [-0.25, -0.2) is 14.0 Å². The highest BCUT2D eigenvalue weighted by Crippen LogP contribution is 2.24. The molecule has 10 heteroatoms. The van der Waals surface area contributed by atoms with Crippen LogP contribution in [0, 0.1) is 4.78 Å². The fraction of sp³-hybridized carbons (Fsp3) is 0.353. The van der Waals surface area contributed by atoms with E-state index in [1.807, 2.05) is 4.90 Å². The van der Waals surface area contributed by atoms with E-state index in [1.165, 1.54) is 12.5 Å². The average Bonchev–Trinajstić information content (AvgIpc) is 2.61. The molecule has 0 aliphatic carbocycles. The number of carbonyl (C=O) groups excluding carboxylic acids is 1. The quantitative estimate of drug-likeness (QED) is 0.601. The van der Waals surface area contributed by atoms with Crippen molar-refractivity contribution >= 4 is 33.1 Å². The largest absolute Gasteiger partial charge is 0.365 e. The molecule has 0 spiro atoms. The van der Waals surface area contributed by atoms with Crippen molar-refractivity contribution in [2.45, 2.75) is 23.8 Å². The summed E-state index contributed by atoms with van der Waals surface area (Å²) < 4.78 is 19.7. The fourth-order valence-corrected chi connectivity index (χ4v) is 3.64. The smallest absolute Gasteiger partial charge is 0.254 e. The van der Waals surface area contributed by atoms with Gasteiger partial charge in [-0.1, -0.05) is 6.07 Å². The van der Waals surface area contributed by atoms with E-state index in [0.29, 0.717) is 23.1 Å². The van der Waals surface area contributed by atoms with Crippen LogP contribution in [-0.2, 0) is 9.73 Å². The standard InChI is InChI=1S/C17H23N7O2S/c1-27(20,26)13-6-2-5-12(8-13)22-16-14(15(19)25)9-21-17(23-16)24-7-3-4-11(18)10-24/h2,5-6,8-9,11,20H,3-4,7,10,18H2,1H3,(H2,19,25)(H,21,22,23)/t11-,27?/m0/s1. The number of nitrogens with zero attached hydrogens (tertiary/aromatic N) is 3. The number of nitrogens with one attached hydrogen (secondary N) is 2. The van der Waals surface area contributed by atoms with Crippen LogP contribution < -0.4 is 21.7 Å². The highest BCUT2D eigenvalue weighted by Gasteiger charge is 2.21. The van der Waals surface area contributed by atoms with E-state index in [2.05, 4.69) is 15.3 Å². The number of hydrogen-bond donors (Lipinski definition) is 4. The molecule has 1 aromatic heterocycles. The van der Waals surface area contributed by atoms with Crippen LogP contribution in [0.5, 0.6) is 0 Å². The highest BCUT2D eigenvalue weighted by atomic mass is 32.2. The third-order valence-corrected chi connectivity index (χ3v) is 5.48. The molecule has 3 rings (SSSR count). The Morgan fingerprint density at radius 1 is 1.44 bits per heavy atom. The van der Waals surface area contributed by atoms with Gasteiger partial charge in [0.2, 0.25) is 5.95 Å². The normalized spacial score (nSPS) is 19.3. The molecule has 1 aliphatic rings. The lowest BCUT2D eigenvalue weighted by Crippen LogP contribution is -2.43. The maximum Gasteiger partial charge on any atom is 0.254 e. The van der Waals surface area contributed by atoms with Crippen molar-refractivity contribution in [3.05, 3.63) is 36.0 Å². The van der Waals surface area contributed by atoms with Crippen molar-refractivity contribution in [1.82, 2.24) is 9.97 Å². The molecule has 1 aromatic carbocycles. The molecule has 0 saturated carbocycles. The topological polar surface area (TPSA) is 151 Å².